The van der Waals surface area contributed by atoms with Crippen molar-refractivity contribution in [2.75, 3.05) is 56.2 Å². The van der Waals surface area contributed by atoms with Crippen LogP contribution in [0.4, 0.5) is 10.3 Å². The predicted octanol–water partition coefficient (Wildman–Crippen LogP) is 6.40. The summed E-state index contributed by atoms with van der Waals surface area (Å²) in [5.74, 6) is 0.509. The molecule has 0 amide bonds. The van der Waals surface area contributed by atoms with Crippen molar-refractivity contribution in [2.45, 2.75) is 31.3 Å². The molecule has 0 bridgehead atoms. The number of carbonyl (C=O) groups excluding carboxylic acids is 1. The Bertz CT molecular complexity index is 1800. The van der Waals surface area contributed by atoms with Crippen LogP contribution in [-0.4, -0.2) is 74.5 Å². The fourth-order valence-corrected chi connectivity index (χ4v) is 8.07. The van der Waals surface area contributed by atoms with Gasteiger partial charge in [0.2, 0.25) is 0 Å². The third-order valence-corrected chi connectivity index (χ3v) is 10.5. The fourth-order valence-electron chi connectivity index (χ4n) is 5.52. The molecule has 2 fully saturated rings. The molecule has 2 aliphatic rings. The first-order valence-electron chi connectivity index (χ1n) is 15.2. The van der Waals surface area contributed by atoms with Crippen LogP contribution in [0.25, 0.3) is 20.4 Å². The number of benzene rings is 3. The summed E-state index contributed by atoms with van der Waals surface area (Å²) in [6.07, 6.45) is 2.38. The number of nitrogens with two attached hydrogens (primary N) is 1. The molecule has 0 saturated carbocycles. The van der Waals surface area contributed by atoms with E-state index < -0.39 is 0 Å². The van der Waals surface area contributed by atoms with E-state index in [1.165, 1.54) is 7.11 Å². The molecule has 5 aromatic rings. The number of thiazole rings is 2. The number of methoxy groups -OCH3 is 1. The standard InChI is InChI=1S/C22H24ClN3O3S.C11H12ClN3S/c1-28-21(27)12-15-3-2-4-18(11-15)29-10-8-24-17-7-9-26(14-17)22-25-19-6-5-16(23)13-20(19)30-22;12-7-1-2-9-10(5-7)16-11(14-9)15-4-3-8(13)6-15/h2-6,11,13,17,24H,7-10,12,14H2,1H3;1-2,5,8H,3-4,6,13H2. The Labute approximate surface area is 286 Å². The number of anilines is 2. The van der Waals surface area contributed by atoms with Crippen LogP contribution in [0.1, 0.15) is 18.4 Å². The number of nitrogens with one attached hydrogen (secondary N) is 1. The lowest BCUT2D eigenvalue weighted by molar-refractivity contribution is -0.139. The molecular weight excluding hydrogens is 663 g/mol. The van der Waals surface area contributed by atoms with Gasteiger partial charge in [0.05, 0.1) is 34.0 Å². The second-order valence-electron chi connectivity index (χ2n) is 11.3. The van der Waals surface area contributed by atoms with Gasteiger partial charge in [-0.2, -0.15) is 0 Å². The first kappa shape index (κ1) is 32.7. The smallest absolute Gasteiger partial charge is 0.309 e. The summed E-state index contributed by atoms with van der Waals surface area (Å²) in [5.41, 5.74) is 8.80. The van der Waals surface area contributed by atoms with Gasteiger partial charge in [-0.3, -0.25) is 4.79 Å². The lowest BCUT2D eigenvalue weighted by atomic mass is 10.1. The van der Waals surface area contributed by atoms with Crippen LogP contribution < -0.4 is 25.6 Å². The lowest BCUT2D eigenvalue weighted by Gasteiger charge is -2.16. The van der Waals surface area contributed by atoms with Crippen molar-refractivity contribution < 1.29 is 14.3 Å². The molecule has 4 heterocycles. The normalized spacial score (nSPS) is 17.8. The van der Waals surface area contributed by atoms with Crippen molar-refractivity contribution in [3.8, 4) is 5.75 Å². The van der Waals surface area contributed by atoms with Gasteiger partial charge in [-0.05, 0) is 66.9 Å². The number of carbonyl (C=O) groups is 1. The van der Waals surface area contributed by atoms with E-state index in [1.54, 1.807) is 22.7 Å². The van der Waals surface area contributed by atoms with E-state index in [0.717, 1.165) is 97.6 Å². The maximum absolute atomic E-state index is 11.4. The summed E-state index contributed by atoms with van der Waals surface area (Å²) in [4.78, 5) is 25.3. The zero-order chi connectivity index (χ0) is 32.0. The minimum absolute atomic E-state index is 0.252. The highest BCUT2D eigenvalue weighted by atomic mass is 35.5. The SMILES string of the molecule is COC(=O)Cc1cccc(OCCNC2CCN(c3nc4ccc(Cl)cc4s3)C2)c1.NC1CCN(c2nc3ccc(Cl)cc3s2)C1. The first-order valence-corrected chi connectivity index (χ1v) is 17.6. The summed E-state index contributed by atoms with van der Waals surface area (Å²) in [7, 11) is 1.39. The Morgan fingerprint density at radius 2 is 1.59 bits per heavy atom. The highest BCUT2D eigenvalue weighted by Gasteiger charge is 2.25. The van der Waals surface area contributed by atoms with E-state index in [9.17, 15) is 4.79 Å². The Kier molecular flexibility index (Phi) is 10.8. The molecule has 2 aliphatic heterocycles. The van der Waals surface area contributed by atoms with E-state index >= 15 is 0 Å². The topological polar surface area (TPSA) is 106 Å². The third-order valence-electron chi connectivity index (χ3n) is 7.91. The molecule has 2 atom stereocenters. The van der Waals surface area contributed by atoms with E-state index in [2.05, 4.69) is 20.1 Å². The van der Waals surface area contributed by atoms with Gasteiger partial charge in [-0.25, -0.2) is 9.97 Å². The second kappa shape index (κ2) is 15.1. The molecule has 2 unspecified atom stereocenters. The number of esters is 1. The van der Waals surface area contributed by atoms with Crippen LogP contribution >= 0.6 is 45.9 Å². The predicted molar refractivity (Wildman–Crippen MR) is 190 cm³/mol. The number of fused-ring (bicyclic) bond motifs is 2. The maximum atomic E-state index is 11.4. The zero-order valence-corrected chi connectivity index (χ0v) is 28.6. The second-order valence-corrected chi connectivity index (χ2v) is 14.2. The number of nitrogens with zero attached hydrogens (tertiary/aromatic N) is 4. The molecule has 2 aromatic heterocycles. The average molecular weight is 700 g/mol. The highest BCUT2D eigenvalue weighted by Crippen LogP contribution is 2.33. The van der Waals surface area contributed by atoms with Gasteiger partial charge in [-0.1, -0.05) is 58.0 Å². The van der Waals surface area contributed by atoms with Crippen LogP contribution in [0, 0.1) is 0 Å². The quantitative estimate of drug-likeness (QED) is 0.134. The molecule has 0 aliphatic carbocycles. The van der Waals surface area contributed by atoms with Gasteiger partial charge in [0, 0.05) is 54.9 Å². The summed E-state index contributed by atoms with van der Waals surface area (Å²) in [5, 5.41) is 7.19. The maximum Gasteiger partial charge on any atom is 0.309 e. The van der Waals surface area contributed by atoms with E-state index in [0.29, 0.717) is 12.6 Å². The number of halogens is 2. The van der Waals surface area contributed by atoms with E-state index in [1.807, 2.05) is 60.7 Å². The number of rotatable bonds is 9. The summed E-state index contributed by atoms with van der Waals surface area (Å²) < 4.78 is 12.8. The van der Waals surface area contributed by atoms with Gasteiger partial charge >= 0.3 is 5.97 Å². The van der Waals surface area contributed by atoms with Crippen LogP contribution in [0.3, 0.4) is 0 Å². The minimum atomic E-state index is -0.254. The van der Waals surface area contributed by atoms with Crippen molar-refractivity contribution in [2.24, 2.45) is 5.73 Å². The van der Waals surface area contributed by atoms with Crippen LogP contribution in [0.2, 0.25) is 10.0 Å². The van der Waals surface area contributed by atoms with Gasteiger partial charge in [0.15, 0.2) is 10.3 Å². The minimum Gasteiger partial charge on any atom is -0.492 e. The first-order chi connectivity index (χ1) is 22.3. The lowest BCUT2D eigenvalue weighted by Crippen LogP contribution is -2.35. The Morgan fingerprint density at radius 3 is 2.22 bits per heavy atom. The number of ether oxygens (including phenoxy) is 2. The Balaban J connectivity index is 0.000000194. The monoisotopic (exact) mass is 698 g/mol. The van der Waals surface area contributed by atoms with E-state index in [4.69, 9.17) is 43.4 Å². The van der Waals surface area contributed by atoms with Gasteiger partial charge in [-0.15, -0.1) is 0 Å². The summed E-state index contributed by atoms with van der Waals surface area (Å²) >= 11 is 15.4. The zero-order valence-electron chi connectivity index (χ0n) is 25.5. The van der Waals surface area contributed by atoms with Gasteiger partial charge < -0.3 is 30.3 Å². The average Bonchev–Trinajstić information content (AvgIpc) is 3.85. The van der Waals surface area contributed by atoms with Crippen molar-refractivity contribution in [3.63, 3.8) is 0 Å². The molecule has 7 rings (SSSR count). The highest BCUT2D eigenvalue weighted by molar-refractivity contribution is 7.22. The molecule has 2 saturated heterocycles. The van der Waals surface area contributed by atoms with Gasteiger partial charge in [0.25, 0.3) is 0 Å². The molecule has 242 valence electrons. The molecule has 13 heteroatoms. The van der Waals surface area contributed by atoms with Gasteiger partial charge in [0.1, 0.15) is 12.4 Å². The molecule has 3 N–H and O–H groups in total. The molecule has 46 heavy (non-hydrogen) atoms. The van der Waals surface area contributed by atoms with E-state index in [-0.39, 0.29) is 18.4 Å². The number of aromatic nitrogens is 2. The number of hydrogen-bond donors (Lipinski definition) is 2. The van der Waals surface area contributed by atoms with Crippen LogP contribution in [0.5, 0.6) is 5.75 Å². The van der Waals surface area contributed by atoms with Crippen molar-refractivity contribution in [3.05, 3.63) is 76.3 Å². The van der Waals surface area contributed by atoms with Crippen molar-refractivity contribution in [1.29, 1.82) is 0 Å². The van der Waals surface area contributed by atoms with Crippen LogP contribution in [0.15, 0.2) is 60.7 Å². The molecule has 0 radical (unpaired) electrons. The fraction of sp³-hybridized carbons (Fsp3) is 0.364. The van der Waals surface area contributed by atoms with Crippen LogP contribution in [-0.2, 0) is 16.0 Å². The Hall–Kier alpha value is -3.19. The summed E-state index contributed by atoms with van der Waals surface area (Å²) in [6.45, 7) is 5.17. The molecule has 9 nitrogen and oxygen atoms in total. The Morgan fingerprint density at radius 1 is 0.935 bits per heavy atom. The molecule has 0 spiro atoms. The summed E-state index contributed by atoms with van der Waals surface area (Å²) in [6, 6.07) is 19.9. The molecule has 3 aromatic carbocycles. The molecular formula is C33H36Cl2N6O3S2. The number of hydrogen-bond acceptors (Lipinski definition) is 11. The largest absolute Gasteiger partial charge is 0.492 e. The van der Waals surface area contributed by atoms with Crippen molar-refractivity contribution >= 4 is 82.5 Å². The third kappa shape index (κ3) is 8.39. The van der Waals surface area contributed by atoms with Crippen molar-refractivity contribution in [1.82, 2.24) is 15.3 Å².